The number of ether oxygens (including phenoxy) is 1. The molecular formula is C16H28N2O. The number of nitrogens with two attached hydrogens (primary N) is 1. The van der Waals surface area contributed by atoms with Gasteiger partial charge in [0.15, 0.2) is 0 Å². The van der Waals surface area contributed by atoms with E-state index < -0.39 is 0 Å². The Morgan fingerprint density at radius 3 is 2.42 bits per heavy atom. The third-order valence-corrected chi connectivity index (χ3v) is 3.02. The predicted octanol–water partition coefficient (Wildman–Crippen LogP) is 3.06. The van der Waals surface area contributed by atoms with Gasteiger partial charge >= 0.3 is 0 Å². The number of hydrogen-bond donors (Lipinski definition) is 1. The third kappa shape index (κ3) is 5.21. The van der Waals surface area contributed by atoms with Gasteiger partial charge in [-0.3, -0.25) is 4.90 Å². The number of nitrogens with zero attached hydrogens (tertiary/aromatic N) is 1. The molecule has 0 radical (unpaired) electrons. The molecule has 0 aromatic heterocycles. The third-order valence-electron chi connectivity index (χ3n) is 3.02. The lowest BCUT2D eigenvalue weighted by Gasteiger charge is -2.29. The summed E-state index contributed by atoms with van der Waals surface area (Å²) in [6.45, 7) is 10.2. The standard InChI is InChI=1S/C16H28N2O/c1-12(2)11-18(5)16(10-17)14-7-6-8-15(9-14)19-13(3)4/h6-9,12-13,16H,10-11,17H2,1-5H3. The molecular weight excluding hydrogens is 236 g/mol. The molecule has 108 valence electrons. The van der Waals surface area contributed by atoms with Gasteiger partial charge in [0.25, 0.3) is 0 Å². The Hall–Kier alpha value is -1.06. The summed E-state index contributed by atoms with van der Waals surface area (Å²) < 4.78 is 5.75. The van der Waals surface area contributed by atoms with Gasteiger partial charge in [-0.2, -0.15) is 0 Å². The van der Waals surface area contributed by atoms with E-state index in [4.69, 9.17) is 10.5 Å². The Labute approximate surface area is 117 Å². The van der Waals surface area contributed by atoms with E-state index in [9.17, 15) is 0 Å². The Bertz CT molecular complexity index is 377. The summed E-state index contributed by atoms with van der Waals surface area (Å²) in [5, 5.41) is 0. The van der Waals surface area contributed by atoms with Crippen LogP contribution in [0.3, 0.4) is 0 Å². The average Bonchev–Trinajstić information content (AvgIpc) is 2.28. The van der Waals surface area contributed by atoms with Gasteiger partial charge in [-0.15, -0.1) is 0 Å². The molecule has 1 unspecified atom stereocenters. The van der Waals surface area contributed by atoms with Crippen molar-refractivity contribution < 1.29 is 4.74 Å². The summed E-state index contributed by atoms with van der Waals surface area (Å²) >= 11 is 0. The largest absolute Gasteiger partial charge is 0.491 e. The van der Waals surface area contributed by atoms with Crippen LogP contribution in [-0.2, 0) is 0 Å². The topological polar surface area (TPSA) is 38.5 Å². The average molecular weight is 264 g/mol. The number of likely N-dealkylation sites (N-methyl/N-ethyl adjacent to an activating group) is 1. The van der Waals surface area contributed by atoms with Gasteiger partial charge in [-0.05, 0) is 44.5 Å². The van der Waals surface area contributed by atoms with E-state index in [-0.39, 0.29) is 12.1 Å². The van der Waals surface area contributed by atoms with Crippen LogP contribution in [0.4, 0.5) is 0 Å². The zero-order valence-corrected chi connectivity index (χ0v) is 12.9. The molecule has 0 saturated carbocycles. The Balaban J connectivity index is 2.85. The normalized spacial score (nSPS) is 13.3. The Morgan fingerprint density at radius 1 is 1.21 bits per heavy atom. The molecule has 2 N–H and O–H groups in total. The van der Waals surface area contributed by atoms with Crippen LogP contribution < -0.4 is 10.5 Å². The highest BCUT2D eigenvalue weighted by Crippen LogP contribution is 2.24. The molecule has 0 aliphatic heterocycles. The van der Waals surface area contributed by atoms with Crippen molar-refractivity contribution >= 4 is 0 Å². The molecule has 3 nitrogen and oxygen atoms in total. The zero-order chi connectivity index (χ0) is 14.4. The molecule has 1 atom stereocenters. The van der Waals surface area contributed by atoms with Gasteiger partial charge in [0.1, 0.15) is 5.75 Å². The molecule has 0 aliphatic carbocycles. The van der Waals surface area contributed by atoms with Crippen molar-refractivity contribution in [3.8, 4) is 5.75 Å². The van der Waals surface area contributed by atoms with Crippen LogP contribution in [0, 0.1) is 5.92 Å². The summed E-state index contributed by atoms with van der Waals surface area (Å²) in [4.78, 5) is 2.32. The van der Waals surface area contributed by atoms with Gasteiger partial charge in [0.05, 0.1) is 6.10 Å². The van der Waals surface area contributed by atoms with E-state index in [2.05, 4.69) is 37.9 Å². The van der Waals surface area contributed by atoms with Crippen molar-refractivity contribution in [1.82, 2.24) is 4.90 Å². The minimum Gasteiger partial charge on any atom is -0.491 e. The minimum absolute atomic E-state index is 0.194. The first-order chi connectivity index (χ1) is 8.93. The molecule has 1 rings (SSSR count). The van der Waals surface area contributed by atoms with Gasteiger partial charge < -0.3 is 10.5 Å². The monoisotopic (exact) mass is 264 g/mol. The first-order valence-corrected chi connectivity index (χ1v) is 7.11. The van der Waals surface area contributed by atoms with Crippen LogP contribution in [0.1, 0.15) is 39.3 Å². The second-order valence-electron chi connectivity index (χ2n) is 5.82. The maximum atomic E-state index is 5.95. The molecule has 1 aromatic carbocycles. The quantitative estimate of drug-likeness (QED) is 0.822. The van der Waals surface area contributed by atoms with Crippen molar-refractivity contribution in [3.05, 3.63) is 29.8 Å². The summed E-state index contributed by atoms with van der Waals surface area (Å²) in [5.74, 6) is 1.55. The van der Waals surface area contributed by atoms with Crippen molar-refractivity contribution in [2.75, 3.05) is 20.1 Å². The molecule has 3 heteroatoms. The van der Waals surface area contributed by atoms with Crippen molar-refractivity contribution in [2.24, 2.45) is 11.7 Å². The van der Waals surface area contributed by atoms with Crippen molar-refractivity contribution in [2.45, 2.75) is 39.8 Å². The predicted molar refractivity (Wildman–Crippen MR) is 81.5 cm³/mol. The van der Waals surface area contributed by atoms with Crippen LogP contribution in [-0.4, -0.2) is 31.1 Å². The molecule has 19 heavy (non-hydrogen) atoms. The van der Waals surface area contributed by atoms with E-state index in [0.29, 0.717) is 12.5 Å². The Morgan fingerprint density at radius 2 is 1.89 bits per heavy atom. The SMILES string of the molecule is CC(C)CN(C)C(CN)c1cccc(OC(C)C)c1. The minimum atomic E-state index is 0.194. The zero-order valence-electron chi connectivity index (χ0n) is 12.9. The van der Waals surface area contributed by atoms with E-state index >= 15 is 0 Å². The molecule has 1 aromatic rings. The molecule has 0 spiro atoms. The molecule has 0 fully saturated rings. The second kappa shape index (κ2) is 7.51. The van der Waals surface area contributed by atoms with Crippen molar-refractivity contribution in [1.29, 1.82) is 0 Å². The van der Waals surface area contributed by atoms with Gasteiger partial charge in [-0.1, -0.05) is 26.0 Å². The smallest absolute Gasteiger partial charge is 0.120 e. The van der Waals surface area contributed by atoms with Crippen LogP contribution >= 0.6 is 0 Å². The van der Waals surface area contributed by atoms with Crippen LogP contribution in [0.15, 0.2) is 24.3 Å². The maximum Gasteiger partial charge on any atom is 0.120 e. The van der Waals surface area contributed by atoms with E-state index in [0.717, 1.165) is 12.3 Å². The van der Waals surface area contributed by atoms with Gasteiger partial charge in [0, 0.05) is 19.1 Å². The highest BCUT2D eigenvalue weighted by molar-refractivity contribution is 5.31. The highest BCUT2D eigenvalue weighted by atomic mass is 16.5. The molecule has 0 amide bonds. The number of hydrogen-bond acceptors (Lipinski definition) is 3. The Kier molecular flexibility index (Phi) is 6.32. The summed E-state index contributed by atoms with van der Waals surface area (Å²) in [6, 6.07) is 8.52. The molecule has 0 heterocycles. The first kappa shape index (κ1) is 16.0. The lowest BCUT2D eigenvalue weighted by atomic mass is 10.0. The second-order valence-corrected chi connectivity index (χ2v) is 5.82. The summed E-state index contributed by atoms with van der Waals surface area (Å²) in [7, 11) is 2.13. The molecule has 0 bridgehead atoms. The maximum absolute atomic E-state index is 5.95. The summed E-state index contributed by atoms with van der Waals surface area (Å²) in [5.41, 5.74) is 7.18. The fourth-order valence-corrected chi connectivity index (χ4v) is 2.34. The fraction of sp³-hybridized carbons (Fsp3) is 0.625. The summed E-state index contributed by atoms with van der Waals surface area (Å²) in [6.07, 6.45) is 0.194. The van der Waals surface area contributed by atoms with Gasteiger partial charge in [-0.25, -0.2) is 0 Å². The first-order valence-electron chi connectivity index (χ1n) is 7.11. The lowest BCUT2D eigenvalue weighted by molar-refractivity contribution is 0.220. The fourth-order valence-electron chi connectivity index (χ4n) is 2.34. The lowest BCUT2D eigenvalue weighted by Crippen LogP contribution is -2.33. The van der Waals surface area contributed by atoms with Crippen LogP contribution in [0.2, 0.25) is 0 Å². The van der Waals surface area contributed by atoms with E-state index in [1.807, 2.05) is 26.0 Å². The van der Waals surface area contributed by atoms with Crippen molar-refractivity contribution in [3.63, 3.8) is 0 Å². The number of rotatable bonds is 7. The van der Waals surface area contributed by atoms with Crippen LogP contribution in [0.25, 0.3) is 0 Å². The highest BCUT2D eigenvalue weighted by Gasteiger charge is 2.16. The van der Waals surface area contributed by atoms with Gasteiger partial charge in [0.2, 0.25) is 0 Å². The molecule has 0 aliphatic rings. The van der Waals surface area contributed by atoms with Crippen LogP contribution in [0.5, 0.6) is 5.75 Å². The molecule has 0 saturated heterocycles. The number of benzene rings is 1. The van der Waals surface area contributed by atoms with E-state index in [1.54, 1.807) is 0 Å². The van der Waals surface area contributed by atoms with E-state index in [1.165, 1.54) is 5.56 Å².